The summed E-state index contributed by atoms with van der Waals surface area (Å²) in [5.41, 5.74) is 5.44. The van der Waals surface area contributed by atoms with E-state index in [1.807, 2.05) is 0 Å². The summed E-state index contributed by atoms with van der Waals surface area (Å²) in [5, 5.41) is 17.7. The zero-order valence-corrected chi connectivity index (χ0v) is 8.99. The zero-order chi connectivity index (χ0) is 12.9. The van der Waals surface area contributed by atoms with Crippen molar-refractivity contribution in [2.75, 3.05) is 0 Å². The van der Waals surface area contributed by atoms with Crippen LogP contribution in [0.25, 0.3) is 0 Å². The van der Waals surface area contributed by atoms with Crippen LogP contribution in [-0.2, 0) is 19.1 Å². The van der Waals surface area contributed by atoms with Crippen LogP contribution in [0.1, 0.15) is 13.8 Å². The molecule has 4 unspecified atom stereocenters. The molecule has 0 heterocycles. The third-order valence-corrected chi connectivity index (χ3v) is 2.30. The Hall–Kier alpha value is -1.63. The van der Waals surface area contributed by atoms with E-state index < -0.39 is 35.9 Å². The molecule has 0 bridgehead atoms. The molecule has 0 fully saturated rings. The van der Waals surface area contributed by atoms with E-state index in [2.05, 4.69) is 4.74 Å². The summed E-state index contributed by atoms with van der Waals surface area (Å²) in [6.07, 6.45) is -1.28. The van der Waals surface area contributed by atoms with Gasteiger partial charge in [0.05, 0.1) is 5.92 Å². The molecule has 0 radical (unpaired) electrons. The standard InChI is InChI=1S/C9H15NO6/c1-4(8(12)13)7(16-3-11)6(5(2)10)9(14)15/h3-7H,10H2,1-2H3,(H,12,13)(H,14,15). The largest absolute Gasteiger partial charge is 0.481 e. The first-order valence-electron chi connectivity index (χ1n) is 4.63. The van der Waals surface area contributed by atoms with Crippen LogP contribution in [-0.4, -0.2) is 40.8 Å². The van der Waals surface area contributed by atoms with Crippen LogP contribution in [0.5, 0.6) is 0 Å². The second kappa shape index (κ2) is 6.06. The first kappa shape index (κ1) is 14.4. The fourth-order valence-corrected chi connectivity index (χ4v) is 1.38. The molecule has 0 amide bonds. The molecule has 16 heavy (non-hydrogen) atoms. The van der Waals surface area contributed by atoms with E-state index in [4.69, 9.17) is 15.9 Å². The average molecular weight is 233 g/mol. The van der Waals surface area contributed by atoms with E-state index in [-0.39, 0.29) is 6.47 Å². The van der Waals surface area contributed by atoms with Crippen LogP contribution >= 0.6 is 0 Å². The minimum atomic E-state index is -1.30. The molecule has 0 rings (SSSR count). The molecule has 0 saturated heterocycles. The number of carbonyl (C=O) groups is 3. The molecule has 0 aliphatic carbocycles. The van der Waals surface area contributed by atoms with E-state index in [1.165, 1.54) is 13.8 Å². The van der Waals surface area contributed by atoms with Gasteiger partial charge in [-0.1, -0.05) is 0 Å². The van der Waals surface area contributed by atoms with Gasteiger partial charge in [-0.3, -0.25) is 14.4 Å². The lowest BCUT2D eigenvalue weighted by atomic mass is 9.87. The Labute approximate surface area is 92.2 Å². The van der Waals surface area contributed by atoms with Crippen molar-refractivity contribution in [3.05, 3.63) is 0 Å². The molecule has 7 nitrogen and oxygen atoms in total. The molecule has 0 aromatic heterocycles. The van der Waals surface area contributed by atoms with Crippen molar-refractivity contribution in [2.24, 2.45) is 17.6 Å². The third-order valence-electron chi connectivity index (χ3n) is 2.30. The number of ether oxygens (including phenoxy) is 1. The number of rotatable bonds is 7. The quantitative estimate of drug-likeness (QED) is 0.496. The van der Waals surface area contributed by atoms with Gasteiger partial charge in [-0.25, -0.2) is 0 Å². The number of hydrogen-bond donors (Lipinski definition) is 3. The molecule has 7 heteroatoms. The summed E-state index contributed by atoms with van der Waals surface area (Å²) < 4.78 is 4.53. The van der Waals surface area contributed by atoms with Gasteiger partial charge in [0.2, 0.25) is 0 Å². The van der Waals surface area contributed by atoms with E-state index in [0.717, 1.165) is 0 Å². The smallest absolute Gasteiger partial charge is 0.311 e. The van der Waals surface area contributed by atoms with Crippen molar-refractivity contribution in [1.82, 2.24) is 0 Å². The molecule has 0 aromatic carbocycles. The predicted octanol–water partition coefficient (Wildman–Crippen LogP) is -0.703. The van der Waals surface area contributed by atoms with Gasteiger partial charge in [0.1, 0.15) is 12.0 Å². The zero-order valence-electron chi connectivity index (χ0n) is 8.99. The van der Waals surface area contributed by atoms with Crippen molar-refractivity contribution >= 4 is 18.4 Å². The minimum Gasteiger partial charge on any atom is -0.481 e. The fourth-order valence-electron chi connectivity index (χ4n) is 1.38. The summed E-state index contributed by atoms with van der Waals surface area (Å²) in [5.74, 6) is -4.94. The van der Waals surface area contributed by atoms with Crippen LogP contribution in [0, 0.1) is 11.8 Å². The lowest BCUT2D eigenvalue weighted by Gasteiger charge is -2.27. The second-order valence-electron chi connectivity index (χ2n) is 3.55. The Balaban J connectivity index is 5.05. The van der Waals surface area contributed by atoms with E-state index in [1.54, 1.807) is 0 Å². The normalized spacial score (nSPS) is 17.9. The summed E-state index contributed by atoms with van der Waals surface area (Å²) >= 11 is 0. The Morgan fingerprint density at radius 3 is 2.00 bits per heavy atom. The minimum absolute atomic E-state index is 0.0302. The number of carboxylic acids is 2. The second-order valence-corrected chi connectivity index (χ2v) is 3.55. The summed E-state index contributed by atoms with van der Waals surface area (Å²) in [4.78, 5) is 31.9. The molecule has 0 spiro atoms. The molecule has 4 atom stereocenters. The van der Waals surface area contributed by atoms with Crippen molar-refractivity contribution in [1.29, 1.82) is 0 Å². The third kappa shape index (κ3) is 3.50. The van der Waals surface area contributed by atoms with Crippen molar-refractivity contribution < 1.29 is 29.3 Å². The highest BCUT2D eigenvalue weighted by atomic mass is 16.5. The fraction of sp³-hybridized carbons (Fsp3) is 0.667. The van der Waals surface area contributed by atoms with Crippen LogP contribution in [0.2, 0.25) is 0 Å². The Kier molecular flexibility index (Phi) is 5.44. The van der Waals surface area contributed by atoms with Gasteiger partial charge in [0.15, 0.2) is 0 Å². The molecule has 0 aliphatic rings. The van der Waals surface area contributed by atoms with Crippen molar-refractivity contribution in [2.45, 2.75) is 26.0 Å². The van der Waals surface area contributed by atoms with Gasteiger partial charge in [-0.15, -0.1) is 0 Å². The molecular weight excluding hydrogens is 218 g/mol. The van der Waals surface area contributed by atoms with Crippen LogP contribution in [0.15, 0.2) is 0 Å². The number of aliphatic carboxylic acids is 2. The van der Waals surface area contributed by atoms with Crippen molar-refractivity contribution in [3.63, 3.8) is 0 Å². The van der Waals surface area contributed by atoms with E-state index in [9.17, 15) is 14.4 Å². The van der Waals surface area contributed by atoms with E-state index >= 15 is 0 Å². The maximum absolute atomic E-state index is 10.9. The highest BCUT2D eigenvalue weighted by Crippen LogP contribution is 2.20. The van der Waals surface area contributed by atoms with E-state index in [0.29, 0.717) is 0 Å². The number of nitrogens with two attached hydrogens (primary N) is 1. The van der Waals surface area contributed by atoms with Gasteiger partial charge < -0.3 is 20.7 Å². The highest BCUT2D eigenvalue weighted by molar-refractivity contribution is 5.75. The topological polar surface area (TPSA) is 127 Å². The monoisotopic (exact) mass is 233 g/mol. The van der Waals surface area contributed by atoms with Gasteiger partial charge in [-0.05, 0) is 13.8 Å². The lowest BCUT2D eigenvalue weighted by Crippen LogP contribution is -2.47. The lowest BCUT2D eigenvalue weighted by molar-refractivity contribution is -0.160. The number of carboxylic acid groups (broad SMARTS) is 2. The van der Waals surface area contributed by atoms with Crippen LogP contribution < -0.4 is 5.73 Å². The average Bonchev–Trinajstić information content (AvgIpc) is 2.14. The highest BCUT2D eigenvalue weighted by Gasteiger charge is 2.39. The molecule has 0 saturated carbocycles. The Morgan fingerprint density at radius 2 is 1.75 bits per heavy atom. The molecule has 0 aliphatic heterocycles. The van der Waals surface area contributed by atoms with Crippen LogP contribution in [0.3, 0.4) is 0 Å². The maximum atomic E-state index is 10.9. The van der Waals surface area contributed by atoms with Gasteiger partial charge in [0.25, 0.3) is 6.47 Å². The van der Waals surface area contributed by atoms with Crippen molar-refractivity contribution in [3.8, 4) is 0 Å². The number of carbonyl (C=O) groups excluding carboxylic acids is 1. The SMILES string of the molecule is CC(N)C(C(=O)O)C(OC=O)C(C)C(=O)O. The van der Waals surface area contributed by atoms with Gasteiger partial charge >= 0.3 is 11.9 Å². The molecular formula is C9H15NO6. The maximum Gasteiger partial charge on any atom is 0.311 e. The number of hydrogen-bond acceptors (Lipinski definition) is 5. The Morgan fingerprint density at radius 1 is 1.25 bits per heavy atom. The Bertz CT molecular complexity index is 277. The summed E-state index contributed by atoms with van der Waals surface area (Å²) in [7, 11) is 0. The molecule has 0 aromatic rings. The summed E-state index contributed by atoms with van der Waals surface area (Å²) in [6, 6.07) is -0.829. The van der Waals surface area contributed by atoms with Gasteiger partial charge in [0, 0.05) is 6.04 Å². The van der Waals surface area contributed by atoms with Crippen LogP contribution in [0.4, 0.5) is 0 Å². The molecule has 4 N–H and O–H groups in total. The first-order valence-corrected chi connectivity index (χ1v) is 4.63. The summed E-state index contributed by atoms with van der Waals surface area (Å²) in [6.45, 7) is 2.70. The molecule has 92 valence electrons. The van der Waals surface area contributed by atoms with Gasteiger partial charge in [-0.2, -0.15) is 0 Å². The predicted molar refractivity (Wildman–Crippen MR) is 52.5 cm³/mol. The first-order chi connectivity index (χ1) is 7.32.